The second-order valence-corrected chi connectivity index (χ2v) is 8.35. The number of carbonyl (C=O) groups is 3. The third-order valence-corrected chi connectivity index (χ3v) is 5.16. The molecule has 3 aromatic rings. The molecule has 0 radical (unpaired) electrons. The van der Waals surface area contributed by atoms with Crippen LogP contribution in [0.4, 0.5) is 0 Å². The Morgan fingerprint density at radius 2 is 1.52 bits per heavy atom. The minimum absolute atomic E-state index is 0.243. The number of amides is 2. The molecule has 0 aliphatic heterocycles. The lowest BCUT2D eigenvalue weighted by Crippen LogP contribution is -2.34. The zero-order chi connectivity index (χ0) is 23.8. The van der Waals surface area contributed by atoms with Crippen molar-refractivity contribution < 1.29 is 19.1 Å². The van der Waals surface area contributed by atoms with Crippen LogP contribution >= 0.6 is 39.1 Å². The van der Waals surface area contributed by atoms with E-state index in [4.69, 9.17) is 27.9 Å². The van der Waals surface area contributed by atoms with Gasteiger partial charge in [-0.15, -0.1) is 0 Å². The lowest BCUT2D eigenvalue weighted by molar-refractivity contribution is -0.120. The summed E-state index contributed by atoms with van der Waals surface area (Å²) < 4.78 is 6.17. The summed E-state index contributed by atoms with van der Waals surface area (Å²) in [6.45, 7) is -0.282. The summed E-state index contributed by atoms with van der Waals surface area (Å²) in [6.07, 6.45) is 1.33. The fourth-order valence-corrected chi connectivity index (χ4v) is 3.17. The van der Waals surface area contributed by atoms with Gasteiger partial charge in [-0.05, 0) is 66.7 Å². The predicted molar refractivity (Wildman–Crippen MR) is 130 cm³/mol. The first-order valence-corrected chi connectivity index (χ1v) is 11.0. The molecule has 7 nitrogen and oxygen atoms in total. The average Bonchev–Trinajstić information content (AvgIpc) is 2.80. The number of rotatable bonds is 7. The van der Waals surface area contributed by atoms with E-state index >= 15 is 0 Å². The van der Waals surface area contributed by atoms with Crippen LogP contribution in [0.15, 0.2) is 76.3 Å². The third-order valence-electron chi connectivity index (χ3n) is 4.16. The second kappa shape index (κ2) is 11.6. The van der Waals surface area contributed by atoms with Crippen LogP contribution in [0.1, 0.15) is 26.3 Å². The molecule has 3 rings (SSSR count). The van der Waals surface area contributed by atoms with Crippen molar-refractivity contribution in [2.45, 2.75) is 0 Å². The normalized spacial score (nSPS) is 10.6. The first-order valence-electron chi connectivity index (χ1n) is 9.45. The minimum atomic E-state index is -0.572. The Labute approximate surface area is 207 Å². The molecule has 0 atom stereocenters. The van der Waals surface area contributed by atoms with Gasteiger partial charge in [-0.2, -0.15) is 5.10 Å². The van der Waals surface area contributed by atoms with E-state index in [0.717, 1.165) is 4.47 Å². The molecule has 0 spiro atoms. The fraction of sp³-hybridized carbons (Fsp3) is 0.0435. The third kappa shape index (κ3) is 7.42. The molecule has 0 aliphatic carbocycles. The number of hydrogen-bond acceptors (Lipinski definition) is 5. The first-order chi connectivity index (χ1) is 15.8. The van der Waals surface area contributed by atoms with E-state index in [2.05, 4.69) is 31.8 Å². The number of carbonyl (C=O) groups excluding carboxylic acids is 3. The molecule has 10 heteroatoms. The van der Waals surface area contributed by atoms with Crippen LogP contribution in [0.2, 0.25) is 10.0 Å². The monoisotopic (exact) mass is 547 g/mol. The van der Waals surface area contributed by atoms with Gasteiger partial charge >= 0.3 is 5.97 Å². The summed E-state index contributed by atoms with van der Waals surface area (Å²) in [4.78, 5) is 36.4. The Morgan fingerprint density at radius 3 is 2.15 bits per heavy atom. The van der Waals surface area contributed by atoms with Gasteiger partial charge in [-0.3, -0.25) is 9.59 Å². The topological polar surface area (TPSA) is 96.9 Å². The summed E-state index contributed by atoms with van der Waals surface area (Å²) >= 11 is 15.0. The van der Waals surface area contributed by atoms with Gasteiger partial charge in [0.05, 0.1) is 18.3 Å². The van der Waals surface area contributed by atoms with E-state index in [0.29, 0.717) is 26.7 Å². The summed E-state index contributed by atoms with van der Waals surface area (Å²) in [7, 11) is 0. The van der Waals surface area contributed by atoms with Crippen molar-refractivity contribution in [2.75, 3.05) is 6.54 Å². The Hall–Kier alpha value is -3.20. The molecule has 2 N–H and O–H groups in total. The van der Waals surface area contributed by atoms with Crippen molar-refractivity contribution in [1.82, 2.24) is 10.7 Å². The number of nitrogens with zero attached hydrogens (tertiary/aromatic N) is 1. The molecule has 0 fully saturated rings. The number of hydrazone groups is 1. The van der Waals surface area contributed by atoms with Gasteiger partial charge in [0.1, 0.15) is 5.75 Å². The predicted octanol–water partition coefficient (Wildman–Crippen LogP) is 4.86. The van der Waals surface area contributed by atoms with Gasteiger partial charge in [-0.25, -0.2) is 10.2 Å². The summed E-state index contributed by atoms with van der Waals surface area (Å²) in [6, 6.07) is 17.5. The van der Waals surface area contributed by atoms with Gasteiger partial charge in [0.2, 0.25) is 0 Å². The van der Waals surface area contributed by atoms with E-state index < -0.39 is 17.8 Å². The molecule has 0 aliphatic rings. The van der Waals surface area contributed by atoms with Crippen LogP contribution in [0.25, 0.3) is 0 Å². The number of benzene rings is 3. The van der Waals surface area contributed by atoms with Crippen LogP contribution in [-0.2, 0) is 4.79 Å². The molecule has 0 aromatic heterocycles. The average molecular weight is 549 g/mol. The minimum Gasteiger partial charge on any atom is -0.422 e. The maximum Gasteiger partial charge on any atom is 0.343 e. The molecule has 0 saturated heterocycles. The molecule has 0 saturated carbocycles. The molecule has 0 bridgehead atoms. The van der Waals surface area contributed by atoms with Crippen LogP contribution in [0, 0.1) is 0 Å². The number of halogens is 3. The summed E-state index contributed by atoms with van der Waals surface area (Å²) in [5.41, 5.74) is 3.45. The van der Waals surface area contributed by atoms with E-state index in [-0.39, 0.29) is 12.3 Å². The van der Waals surface area contributed by atoms with E-state index in [1.165, 1.54) is 6.21 Å². The van der Waals surface area contributed by atoms with E-state index in [9.17, 15) is 14.4 Å². The lowest BCUT2D eigenvalue weighted by Gasteiger charge is -2.08. The fourth-order valence-electron chi connectivity index (χ4n) is 2.54. The number of esters is 1. The number of hydrogen-bond donors (Lipinski definition) is 2. The molecule has 168 valence electrons. The smallest absolute Gasteiger partial charge is 0.343 e. The maximum absolute atomic E-state index is 12.4. The number of ether oxygens (including phenoxy) is 1. The number of nitrogens with one attached hydrogen (secondary N) is 2. The molecule has 0 unspecified atom stereocenters. The van der Waals surface area contributed by atoms with Crippen molar-refractivity contribution in [2.24, 2.45) is 5.10 Å². The van der Waals surface area contributed by atoms with E-state index in [1.54, 1.807) is 66.7 Å². The van der Waals surface area contributed by atoms with E-state index in [1.807, 2.05) is 0 Å². The van der Waals surface area contributed by atoms with Gasteiger partial charge in [0, 0.05) is 25.6 Å². The van der Waals surface area contributed by atoms with Crippen molar-refractivity contribution in [3.8, 4) is 5.75 Å². The zero-order valence-electron chi connectivity index (χ0n) is 16.8. The van der Waals surface area contributed by atoms with Crippen molar-refractivity contribution in [1.29, 1.82) is 0 Å². The molecule has 33 heavy (non-hydrogen) atoms. The molecule has 2 amide bonds. The highest BCUT2D eigenvalue weighted by molar-refractivity contribution is 9.10. The summed E-state index contributed by atoms with van der Waals surface area (Å²) in [5, 5.41) is 7.36. The van der Waals surface area contributed by atoms with Crippen LogP contribution in [0.5, 0.6) is 5.75 Å². The van der Waals surface area contributed by atoms with Gasteiger partial charge < -0.3 is 10.1 Å². The zero-order valence-corrected chi connectivity index (χ0v) is 19.9. The van der Waals surface area contributed by atoms with Gasteiger partial charge in [0.15, 0.2) is 0 Å². The molecular formula is C23H16BrCl2N3O4. The highest BCUT2D eigenvalue weighted by Crippen LogP contribution is 2.23. The van der Waals surface area contributed by atoms with Crippen LogP contribution in [-0.4, -0.2) is 30.5 Å². The van der Waals surface area contributed by atoms with Gasteiger partial charge in [0.25, 0.3) is 11.8 Å². The molecule has 3 aromatic carbocycles. The highest BCUT2D eigenvalue weighted by atomic mass is 79.9. The molecule has 0 heterocycles. The largest absolute Gasteiger partial charge is 0.422 e. The lowest BCUT2D eigenvalue weighted by atomic mass is 10.2. The Morgan fingerprint density at radius 1 is 0.909 bits per heavy atom. The quantitative estimate of drug-likeness (QED) is 0.191. The van der Waals surface area contributed by atoms with Crippen LogP contribution in [0.3, 0.4) is 0 Å². The van der Waals surface area contributed by atoms with Gasteiger partial charge in [-0.1, -0.05) is 39.1 Å². The van der Waals surface area contributed by atoms with Crippen molar-refractivity contribution >= 4 is 63.1 Å². The van der Waals surface area contributed by atoms with Crippen LogP contribution < -0.4 is 15.5 Å². The summed E-state index contributed by atoms with van der Waals surface area (Å²) in [5.74, 6) is -1.29. The van der Waals surface area contributed by atoms with Crippen molar-refractivity contribution in [3.63, 3.8) is 0 Å². The Kier molecular flexibility index (Phi) is 8.59. The first kappa shape index (κ1) is 24.4. The second-order valence-electron chi connectivity index (χ2n) is 6.56. The highest BCUT2D eigenvalue weighted by Gasteiger charge is 2.12. The SMILES string of the molecule is O=C(CNC(=O)c1ccc(Cl)cc1)N/N=C/c1cc(Br)ccc1OC(=O)c1ccc(Cl)cc1. The Balaban J connectivity index is 1.58. The maximum atomic E-state index is 12.4. The Bertz CT molecular complexity index is 1200. The van der Waals surface area contributed by atoms with Crippen molar-refractivity contribution in [3.05, 3.63) is 97.9 Å². The molecular weight excluding hydrogens is 533 g/mol. The standard InChI is InChI=1S/C23H16BrCl2N3O4/c24-17-5-10-20(33-23(32)15-3-8-19(26)9-4-15)16(11-17)12-28-29-21(30)13-27-22(31)14-1-6-18(25)7-2-14/h1-12H,13H2,(H,27,31)(H,29,30)/b28-12+.